The first-order chi connectivity index (χ1) is 15.9. The molecule has 0 atom stereocenters. The Hall–Kier alpha value is -4.07. The fourth-order valence-corrected chi connectivity index (χ4v) is 3.74. The molecule has 0 aliphatic heterocycles. The van der Waals surface area contributed by atoms with Gasteiger partial charge in [0.2, 0.25) is 11.8 Å². The first-order valence-corrected chi connectivity index (χ1v) is 10.6. The highest BCUT2D eigenvalue weighted by atomic mass is 19.1. The Labute approximate surface area is 190 Å². The summed E-state index contributed by atoms with van der Waals surface area (Å²) in [6.45, 7) is 3.91. The van der Waals surface area contributed by atoms with E-state index in [2.05, 4.69) is 20.5 Å². The Balaban J connectivity index is 1.23. The number of carbonyl (C=O) groups is 1. The summed E-state index contributed by atoms with van der Waals surface area (Å²) < 4.78 is 20.9. The molecule has 2 heterocycles. The van der Waals surface area contributed by atoms with Gasteiger partial charge in [-0.3, -0.25) is 9.36 Å². The normalized spacial score (nSPS) is 14.0. The summed E-state index contributed by atoms with van der Waals surface area (Å²) in [4.78, 5) is 17.1. The highest BCUT2D eigenvalue weighted by Crippen LogP contribution is 2.49. The average molecular weight is 443 g/mol. The van der Waals surface area contributed by atoms with Crippen LogP contribution in [0.1, 0.15) is 29.8 Å². The number of hydrogen-bond acceptors (Lipinski definition) is 5. The molecule has 0 bridgehead atoms. The third-order valence-electron chi connectivity index (χ3n) is 6.04. The van der Waals surface area contributed by atoms with Gasteiger partial charge in [0.25, 0.3) is 0 Å². The topological polar surface area (TPSA) is 81.9 Å². The molecule has 5 rings (SSSR count). The van der Waals surface area contributed by atoms with Crippen LogP contribution in [0.5, 0.6) is 11.6 Å². The maximum atomic E-state index is 13.2. The van der Waals surface area contributed by atoms with Crippen molar-refractivity contribution in [2.24, 2.45) is 0 Å². The number of imidazole rings is 1. The molecule has 2 aromatic heterocycles. The van der Waals surface area contributed by atoms with E-state index in [0.29, 0.717) is 23.1 Å². The first kappa shape index (κ1) is 20.8. The maximum absolute atomic E-state index is 13.2. The van der Waals surface area contributed by atoms with Gasteiger partial charge >= 0.3 is 0 Å². The van der Waals surface area contributed by atoms with Crippen LogP contribution < -0.4 is 10.1 Å². The Bertz CT molecular complexity index is 1290. The standard InChI is InChI=1S/C25H22FN5O2/c1-16-17(2)31(15-27-16)22-11-12-23(30-29-22)33-21-9-7-20(8-10-21)28-24(32)25(13-14-25)18-3-5-19(26)6-4-18/h3-12,15H,13-14H2,1-2H3,(H,28,32). The minimum Gasteiger partial charge on any atom is -0.438 e. The summed E-state index contributed by atoms with van der Waals surface area (Å²) in [5.41, 5.74) is 2.86. The van der Waals surface area contributed by atoms with E-state index in [1.807, 2.05) is 24.5 Å². The van der Waals surface area contributed by atoms with E-state index in [0.717, 1.165) is 29.8 Å². The van der Waals surface area contributed by atoms with Gasteiger partial charge in [-0.05, 0) is 74.7 Å². The number of halogens is 1. The van der Waals surface area contributed by atoms with Gasteiger partial charge in [0, 0.05) is 17.4 Å². The lowest BCUT2D eigenvalue weighted by Gasteiger charge is -2.16. The number of carbonyl (C=O) groups excluding carboxylic acids is 1. The maximum Gasteiger partial charge on any atom is 0.238 e. The molecule has 0 unspecified atom stereocenters. The van der Waals surface area contributed by atoms with Gasteiger partial charge in [0.05, 0.1) is 11.1 Å². The quantitative estimate of drug-likeness (QED) is 0.459. The molecule has 1 N–H and O–H groups in total. The van der Waals surface area contributed by atoms with Crippen LogP contribution in [0.4, 0.5) is 10.1 Å². The van der Waals surface area contributed by atoms with E-state index in [-0.39, 0.29) is 11.7 Å². The SMILES string of the molecule is Cc1ncn(-c2ccc(Oc3ccc(NC(=O)C4(c5ccc(F)cc5)CC4)cc3)nn2)c1C. The van der Waals surface area contributed by atoms with Gasteiger partial charge in [0.15, 0.2) is 5.82 Å². The molecule has 1 amide bonds. The summed E-state index contributed by atoms with van der Waals surface area (Å²) in [5.74, 6) is 1.20. The van der Waals surface area contributed by atoms with E-state index in [9.17, 15) is 9.18 Å². The highest BCUT2D eigenvalue weighted by molar-refractivity contribution is 6.01. The molecule has 166 valence electrons. The van der Waals surface area contributed by atoms with E-state index < -0.39 is 5.41 Å². The smallest absolute Gasteiger partial charge is 0.238 e. The van der Waals surface area contributed by atoms with Crippen molar-refractivity contribution in [2.45, 2.75) is 32.1 Å². The minimum atomic E-state index is -0.577. The van der Waals surface area contributed by atoms with Crippen LogP contribution in [0.15, 0.2) is 67.0 Å². The van der Waals surface area contributed by atoms with E-state index >= 15 is 0 Å². The third kappa shape index (κ3) is 4.07. The van der Waals surface area contributed by atoms with Crippen LogP contribution in [-0.2, 0) is 10.2 Å². The molecular formula is C25H22FN5O2. The minimum absolute atomic E-state index is 0.0886. The molecule has 0 spiro atoms. The Morgan fingerprint density at radius 3 is 2.30 bits per heavy atom. The molecule has 1 fully saturated rings. The van der Waals surface area contributed by atoms with Crippen LogP contribution in [0.3, 0.4) is 0 Å². The van der Waals surface area contributed by atoms with Crippen molar-refractivity contribution >= 4 is 11.6 Å². The zero-order chi connectivity index (χ0) is 23.0. The van der Waals surface area contributed by atoms with Crippen LogP contribution in [-0.4, -0.2) is 25.7 Å². The van der Waals surface area contributed by atoms with Gasteiger partial charge in [-0.25, -0.2) is 9.37 Å². The lowest BCUT2D eigenvalue weighted by molar-refractivity contribution is -0.118. The summed E-state index contributed by atoms with van der Waals surface area (Å²) in [7, 11) is 0. The van der Waals surface area contributed by atoms with Gasteiger partial charge in [-0.2, -0.15) is 0 Å². The summed E-state index contributed by atoms with van der Waals surface area (Å²) in [6.07, 6.45) is 3.21. The van der Waals surface area contributed by atoms with Crippen LogP contribution in [0.2, 0.25) is 0 Å². The van der Waals surface area contributed by atoms with Gasteiger partial charge in [0.1, 0.15) is 17.9 Å². The number of aromatic nitrogens is 4. The summed E-state index contributed by atoms with van der Waals surface area (Å²) in [6, 6.07) is 16.8. The van der Waals surface area contributed by atoms with E-state index in [4.69, 9.17) is 4.74 Å². The summed E-state index contributed by atoms with van der Waals surface area (Å²) in [5, 5.41) is 11.3. The first-order valence-electron chi connectivity index (χ1n) is 10.6. The van der Waals surface area contributed by atoms with Crippen molar-refractivity contribution in [1.29, 1.82) is 0 Å². The second kappa shape index (κ2) is 8.12. The molecule has 1 saturated carbocycles. The molecule has 4 aromatic rings. The van der Waals surface area contributed by atoms with Gasteiger partial charge in [-0.15, -0.1) is 10.2 Å². The Morgan fingerprint density at radius 2 is 1.73 bits per heavy atom. The molecule has 0 radical (unpaired) electrons. The van der Waals surface area contributed by atoms with Crippen molar-refractivity contribution in [1.82, 2.24) is 19.7 Å². The lowest BCUT2D eigenvalue weighted by atomic mass is 9.95. The zero-order valence-corrected chi connectivity index (χ0v) is 18.2. The second-order valence-corrected chi connectivity index (χ2v) is 8.18. The number of ether oxygens (including phenoxy) is 1. The molecule has 2 aromatic carbocycles. The fraction of sp³-hybridized carbons (Fsp3) is 0.200. The Morgan fingerprint density at radius 1 is 1.00 bits per heavy atom. The van der Waals surface area contributed by atoms with E-state index in [1.54, 1.807) is 48.8 Å². The number of amides is 1. The predicted octanol–water partition coefficient (Wildman–Crippen LogP) is 4.88. The summed E-state index contributed by atoms with van der Waals surface area (Å²) >= 11 is 0. The Kier molecular flexibility index (Phi) is 5.12. The number of rotatable bonds is 6. The molecule has 1 aliphatic rings. The van der Waals surface area contributed by atoms with Crippen molar-refractivity contribution in [3.63, 3.8) is 0 Å². The largest absolute Gasteiger partial charge is 0.438 e. The second-order valence-electron chi connectivity index (χ2n) is 8.18. The third-order valence-corrected chi connectivity index (χ3v) is 6.04. The van der Waals surface area contributed by atoms with Crippen molar-refractivity contribution in [3.8, 4) is 17.4 Å². The molecular weight excluding hydrogens is 421 g/mol. The van der Waals surface area contributed by atoms with E-state index in [1.165, 1.54) is 12.1 Å². The number of nitrogens with zero attached hydrogens (tertiary/aromatic N) is 4. The van der Waals surface area contributed by atoms with Crippen molar-refractivity contribution in [2.75, 3.05) is 5.32 Å². The highest BCUT2D eigenvalue weighted by Gasteiger charge is 2.51. The molecule has 0 saturated heterocycles. The van der Waals surface area contributed by atoms with Gasteiger partial charge < -0.3 is 10.1 Å². The van der Waals surface area contributed by atoms with Gasteiger partial charge in [-0.1, -0.05) is 12.1 Å². The monoisotopic (exact) mass is 443 g/mol. The number of nitrogens with one attached hydrogen (secondary N) is 1. The molecule has 33 heavy (non-hydrogen) atoms. The average Bonchev–Trinajstić information content (AvgIpc) is 3.57. The number of benzene rings is 2. The fourth-order valence-electron chi connectivity index (χ4n) is 3.74. The van der Waals surface area contributed by atoms with Crippen molar-refractivity contribution < 1.29 is 13.9 Å². The lowest BCUT2D eigenvalue weighted by Crippen LogP contribution is -2.27. The van der Waals surface area contributed by atoms with Crippen LogP contribution >= 0.6 is 0 Å². The molecule has 1 aliphatic carbocycles. The van der Waals surface area contributed by atoms with Crippen LogP contribution in [0.25, 0.3) is 5.82 Å². The molecule has 7 nitrogen and oxygen atoms in total. The predicted molar refractivity (Wildman–Crippen MR) is 121 cm³/mol. The molecule has 8 heteroatoms. The van der Waals surface area contributed by atoms with Crippen LogP contribution in [0, 0.1) is 19.7 Å². The number of hydrogen-bond donors (Lipinski definition) is 1. The number of anilines is 1. The number of aryl methyl sites for hydroxylation is 1. The van der Waals surface area contributed by atoms with Crippen molar-refractivity contribution in [3.05, 3.63) is 89.8 Å². The zero-order valence-electron chi connectivity index (χ0n) is 18.2.